The average Bonchev–Trinajstić information content (AvgIpc) is 2.46. The summed E-state index contributed by atoms with van der Waals surface area (Å²) in [5.41, 5.74) is 1.06. The van der Waals surface area contributed by atoms with Crippen molar-refractivity contribution in [2.75, 3.05) is 18.1 Å². The number of nitrogens with one attached hydrogen (secondary N) is 1. The molecule has 1 atom stereocenters. The third-order valence-corrected chi connectivity index (χ3v) is 5.23. The summed E-state index contributed by atoms with van der Waals surface area (Å²) in [6.07, 6.45) is 0. The number of fused-ring (bicyclic) bond motifs is 1. The first-order chi connectivity index (χ1) is 9.57. The molecule has 0 spiro atoms. The van der Waals surface area contributed by atoms with Crippen LogP contribution in [0.2, 0.25) is 0 Å². The molecule has 0 saturated carbocycles. The lowest BCUT2D eigenvalue weighted by Crippen LogP contribution is -2.29. The Labute approximate surface area is 120 Å². The van der Waals surface area contributed by atoms with Crippen LogP contribution in [0.3, 0.4) is 0 Å². The van der Waals surface area contributed by atoms with Gasteiger partial charge in [-0.2, -0.15) is 0 Å². The molecule has 0 radical (unpaired) electrons. The van der Waals surface area contributed by atoms with Gasteiger partial charge in [0.1, 0.15) is 0 Å². The minimum absolute atomic E-state index is 0.144. The molecule has 2 aromatic carbocycles. The Morgan fingerprint density at radius 2 is 1.75 bits per heavy atom. The van der Waals surface area contributed by atoms with E-state index in [1.165, 1.54) is 0 Å². The van der Waals surface area contributed by atoms with E-state index in [4.69, 9.17) is 0 Å². The second kappa shape index (κ2) is 6.37. The van der Waals surface area contributed by atoms with Crippen LogP contribution in [0.1, 0.15) is 25.5 Å². The maximum absolute atomic E-state index is 12.0. The maximum atomic E-state index is 12.0. The van der Waals surface area contributed by atoms with Crippen molar-refractivity contribution in [3.8, 4) is 0 Å². The van der Waals surface area contributed by atoms with Crippen molar-refractivity contribution in [2.45, 2.75) is 19.9 Å². The van der Waals surface area contributed by atoms with Crippen molar-refractivity contribution in [1.82, 2.24) is 5.32 Å². The Bertz CT molecular complexity index is 674. The fourth-order valence-electron chi connectivity index (χ4n) is 2.43. The minimum atomic E-state index is -3.02. The zero-order valence-electron chi connectivity index (χ0n) is 12.0. The second-order valence-corrected chi connectivity index (χ2v) is 7.28. The van der Waals surface area contributed by atoms with Crippen molar-refractivity contribution < 1.29 is 8.42 Å². The Morgan fingerprint density at radius 1 is 1.05 bits per heavy atom. The quantitative estimate of drug-likeness (QED) is 0.890. The fraction of sp³-hybridized carbons (Fsp3) is 0.375. The monoisotopic (exact) mass is 291 g/mol. The van der Waals surface area contributed by atoms with E-state index in [-0.39, 0.29) is 17.5 Å². The molecule has 4 heteroatoms. The molecule has 1 N–H and O–H groups in total. The highest BCUT2D eigenvalue weighted by molar-refractivity contribution is 7.91. The van der Waals surface area contributed by atoms with Crippen LogP contribution in [-0.2, 0) is 9.84 Å². The van der Waals surface area contributed by atoms with E-state index in [0.717, 1.165) is 22.9 Å². The molecule has 1 unspecified atom stereocenters. The van der Waals surface area contributed by atoms with Gasteiger partial charge in [-0.1, -0.05) is 56.3 Å². The Kier molecular flexibility index (Phi) is 4.78. The smallest absolute Gasteiger partial charge is 0.151 e. The van der Waals surface area contributed by atoms with Crippen molar-refractivity contribution in [2.24, 2.45) is 0 Å². The zero-order chi connectivity index (χ0) is 14.6. The minimum Gasteiger partial charge on any atom is -0.309 e. The van der Waals surface area contributed by atoms with Gasteiger partial charge in [0.05, 0.1) is 5.75 Å². The number of hydrogen-bond donors (Lipinski definition) is 1. The Morgan fingerprint density at radius 3 is 2.45 bits per heavy atom. The molecule has 20 heavy (non-hydrogen) atoms. The summed E-state index contributed by atoms with van der Waals surface area (Å²) >= 11 is 0. The number of hydrogen-bond acceptors (Lipinski definition) is 3. The van der Waals surface area contributed by atoms with E-state index in [9.17, 15) is 8.42 Å². The number of sulfone groups is 1. The first-order valence-electron chi connectivity index (χ1n) is 6.99. The highest BCUT2D eigenvalue weighted by Gasteiger charge is 2.20. The van der Waals surface area contributed by atoms with Crippen LogP contribution < -0.4 is 5.32 Å². The predicted molar refractivity (Wildman–Crippen MR) is 84.7 cm³/mol. The molecule has 0 amide bonds. The third kappa shape index (κ3) is 3.38. The molecule has 3 nitrogen and oxygen atoms in total. The average molecular weight is 291 g/mol. The van der Waals surface area contributed by atoms with Gasteiger partial charge in [0.2, 0.25) is 0 Å². The largest absolute Gasteiger partial charge is 0.309 e. The van der Waals surface area contributed by atoms with Crippen LogP contribution in [0, 0.1) is 0 Å². The van der Waals surface area contributed by atoms with Gasteiger partial charge in [0.15, 0.2) is 9.84 Å². The molecule has 2 aromatic rings. The number of rotatable bonds is 6. The zero-order valence-corrected chi connectivity index (χ0v) is 12.8. The van der Waals surface area contributed by atoms with Gasteiger partial charge in [-0.05, 0) is 22.9 Å². The molecule has 0 aromatic heterocycles. The van der Waals surface area contributed by atoms with E-state index in [1.807, 2.05) is 37.3 Å². The summed E-state index contributed by atoms with van der Waals surface area (Å²) in [5, 5.41) is 5.56. The maximum Gasteiger partial charge on any atom is 0.151 e. The van der Waals surface area contributed by atoms with Crippen molar-refractivity contribution in [3.63, 3.8) is 0 Å². The van der Waals surface area contributed by atoms with Crippen LogP contribution >= 0.6 is 0 Å². The summed E-state index contributed by atoms with van der Waals surface area (Å²) in [5.74, 6) is 0.324. The SMILES string of the molecule is CCNC(CS(=O)(=O)CC)c1cccc2ccccc12. The summed E-state index contributed by atoms with van der Waals surface area (Å²) < 4.78 is 23.9. The summed E-state index contributed by atoms with van der Waals surface area (Å²) in [4.78, 5) is 0. The summed E-state index contributed by atoms with van der Waals surface area (Å²) in [7, 11) is -3.02. The highest BCUT2D eigenvalue weighted by Crippen LogP contribution is 2.25. The lowest BCUT2D eigenvalue weighted by atomic mass is 9.99. The van der Waals surface area contributed by atoms with Crippen molar-refractivity contribution in [3.05, 3.63) is 48.0 Å². The van der Waals surface area contributed by atoms with Crippen LogP contribution in [0.25, 0.3) is 10.8 Å². The van der Waals surface area contributed by atoms with Gasteiger partial charge in [-0.25, -0.2) is 8.42 Å². The normalized spacial score (nSPS) is 13.5. The molecule has 0 saturated heterocycles. The van der Waals surface area contributed by atoms with Crippen molar-refractivity contribution >= 4 is 20.6 Å². The lowest BCUT2D eigenvalue weighted by molar-refractivity contribution is 0.561. The van der Waals surface area contributed by atoms with Gasteiger partial charge in [-0.15, -0.1) is 0 Å². The molecule has 0 fully saturated rings. The Hall–Kier alpha value is -1.39. The topological polar surface area (TPSA) is 46.2 Å². The first kappa shape index (κ1) is 15.0. The molecule has 108 valence electrons. The van der Waals surface area contributed by atoms with Crippen LogP contribution in [0.4, 0.5) is 0 Å². The highest BCUT2D eigenvalue weighted by atomic mass is 32.2. The van der Waals surface area contributed by atoms with Crippen LogP contribution in [0.5, 0.6) is 0 Å². The predicted octanol–water partition coefficient (Wildman–Crippen LogP) is 2.93. The molecule has 0 heterocycles. The van der Waals surface area contributed by atoms with Gasteiger partial charge >= 0.3 is 0 Å². The second-order valence-electron chi connectivity index (χ2n) is 4.88. The first-order valence-corrected chi connectivity index (χ1v) is 8.81. The van der Waals surface area contributed by atoms with E-state index in [2.05, 4.69) is 17.4 Å². The van der Waals surface area contributed by atoms with E-state index >= 15 is 0 Å². The van der Waals surface area contributed by atoms with E-state index < -0.39 is 9.84 Å². The van der Waals surface area contributed by atoms with Gasteiger partial charge in [0.25, 0.3) is 0 Å². The van der Waals surface area contributed by atoms with Crippen LogP contribution in [0.15, 0.2) is 42.5 Å². The van der Waals surface area contributed by atoms with Gasteiger partial charge in [0, 0.05) is 11.8 Å². The summed E-state index contributed by atoms with van der Waals surface area (Å²) in [6.45, 7) is 4.44. The van der Waals surface area contributed by atoms with Crippen molar-refractivity contribution in [1.29, 1.82) is 0 Å². The van der Waals surface area contributed by atoms with Crippen LogP contribution in [-0.4, -0.2) is 26.5 Å². The molecular formula is C16H21NO2S. The third-order valence-electron chi connectivity index (χ3n) is 3.51. The molecule has 0 aliphatic rings. The van der Waals surface area contributed by atoms with Gasteiger partial charge < -0.3 is 5.32 Å². The van der Waals surface area contributed by atoms with E-state index in [1.54, 1.807) is 6.92 Å². The fourth-order valence-corrected chi connectivity index (χ4v) is 3.47. The molecule has 0 aliphatic carbocycles. The standard InChI is InChI=1S/C16H21NO2S/c1-3-17-16(12-20(18,19)4-2)15-11-7-9-13-8-5-6-10-14(13)15/h5-11,16-17H,3-4,12H2,1-2H3. The van der Waals surface area contributed by atoms with E-state index in [0.29, 0.717) is 0 Å². The molecule has 0 aliphatic heterocycles. The molecule has 0 bridgehead atoms. The molecule has 2 rings (SSSR count). The number of benzene rings is 2. The Balaban J connectivity index is 2.46. The lowest BCUT2D eigenvalue weighted by Gasteiger charge is -2.20. The summed E-state index contributed by atoms with van der Waals surface area (Å²) in [6, 6.07) is 14.0. The van der Waals surface area contributed by atoms with Gasteiger partial charge in [-0.3, -0.25) is 0 Å². The molecular weight excluding hydrogens is 270 g/mol.